The van der Waals surface area contributed by atoms with Crippen LogP contribution in [0, 0.1) is 11.3 Å². The van der Waals surface area contributed by atoms with E-state index in [1.807, 2.05) is 6.92 Å². The van der Waals surface area contributed by atoms with Gasteiger partial charge in [0.15, 0.2) is 6.10 Å². The molecule has 1 N–H and O–H groups in total. The molecule has 0 spiro atoms. The number of benzene rings is 1. The van der Waals surface area contributed by atoms with E-state index in [0.717, 1.165) is 5.56 Å². The Balaban J connectivity index is 2.22. The summed E-state index contributed by atoms with van der Waals surface area (Å²) in [4.78, 5) is 0. The Morgan fingerprint density at radius 1 is 1.65 bits per heavy atom. The van der Waals surface area contributed by atoms with Crippen LogP contribution in [-0.4, -0.2) is 23.6 Å². The topological polar surface area (TPSA) is 74.8 Å². The van der Waals surface area contributed by atoms with Crippen LogP contribution in [-0.2, 0) is 0 Å². The predicted octanol–water partition coefficient (Wildman–Crippen LogP) is 1.94. The van der Waals surface area contributed by atoms with E-state index in [1.54, 1.807) is 18.2 Å². The Hall–Kier alpha value is -2.22. The molecule has 88 valence electrons. The molecule has 17 heavy (non-hydrogen) atoms. The molecule has 0 aromatic heterocycles. The molecule has 1 aromatic carbocycles. The third-order valence-corrected chi connectivity index (χ3v) is 2.54. The SMILES string of the molecule is CCC(C#N)Oc1ccc2c(c1)OCC2=NO. The first kappa shape index (κ1) is 11.3. The molecule has 1 heterocycles. The van der Waals surface area contributed by atoms with E-state index in [9.17, 15) is 0 Å². The molecule has 1 aromatic rings. The van der Waals surface area contributed by atoms with E-state index >= 15 is 0 Å². The van der Waals surface area contributed by atoms with Crippen molar-refractivity contribution in [2.75, 3.05) is 6.61 Å². The predicted molar refractivity (Wildman–Crippen MR) is 60.6 cm³/mol. The van der Waals surface area contributed by atoms with Crippen LogP contribution in [0.2, 0.25) is 0 Å². The van der Waals surface area contributed by atoms with E-state index in [-0.39, 0.29) is 6.61 Å². The zero-order chi connectivity index (χ0) is 12.3. The molecule has 1 aliphatic rings. The summed E-state index contributed by atoms with van der Waals surface area (Å²) < 4.78 is 10.8. The fourth-order valence-corrected chi connectivity index (χ4v) is 1.61. The van der Waals surface area contributed by atoms with Gasteiger partial charge in [-0.05, 0) is 18.6 Å². The van der Waals surface area contributed by atoms with E-state index < -0.39 is 6.10 Å². The van der Waals surface area contributed by atoms with Crippen LogP contribution in [0.1, 0.15) is 18.9 Å². The lowest BCUT2D eigenvalue weighted by atomic mass is 10.1. The van der Waals surface area contributed by atoms with Crippen LogP contribution in [0.25, 0.3) is 0 Å². The number of fused-ring (bicyclic) bond motifs is 1. The molecule has 0 radical (unpaired) electrons. The minimum atomic E-state index is -0.458. The van der Waals surface area contributed by atoms with Crippen molar-refractivity contribution in [2.24, 2.45) is 5.16 Å². The Kier molecular flexibility index (Phi) is 3.15. The van der Waals surface area contributed by atoms with Crippen LogP contribution < -0.4 is 9.47 Å². The first-order chi connectivity index (χ1) is 8.28. The summed E-state index contributed by atoms with van der Waals surface area (Å²) in [5.74, 6) is 1.19. The molecule has 2 rings (SSSR count). The molecule has 5 heteroatoms. The van der Waals surface area contributed by atoms with E-state index in [2.05, 4.69) is 11.2 Å². The number of oxime groups is 1. The van der Waals surface area contributed by atoms with Gasteiger partial charge >= 0.3 is 0 Å². The second-order valence-electron chi connectivity index (χ2n) is 3.64. The summed E-state index contributed by atoms with van der Waals surface area (Å²) >= 11 is 0. The van der Waals surface area contributed by atoms with Crippen molar-refractivity contribution in [3.63, 3.8) is 0 Å². The van der Waals surface area contributed by atoms with Crippen molar-refractivity contribution in [1.29, 1.82) is 5.26 Å². The highest BCUT2D eigenvalue weighted by Crippen LogP contribution is 2.30. The average molecular weight is 232 g/mol. The maximum Gasteiger partial charge on any atom is 0.184 e. The van der Waals surface area contributed by atoms with Gasteiger partial charge in [0.25, 0.3) is 0 Å². The molecule has 1 unspecified atom stereocenters. The number of nitrogens with zero attached hydrogens (tertiary/aromatic N) is 2. The third-order valence-electron chi connectivity index (χ3n) is 2.54. The number of ether oxygens (including phenoxy) is 2. The number of nitriles is 1. The zero-order valence-electron chi connectivity index (χ0n) is 9.38. The van der Waals surface area contributed by atoms with Gasteiger partial charge < -0.3 is 14.7 Å². The van der Waals surface area contributed by atoms with Crippen LogP contribution in [0.15, 0.2) is 23.4 Å². The third kappa shape index (κ3) is 2.16. The Morgan fingerprint density at radius 2 is 2.47 bits per heavy atom. The summed E-state index contributed by atoms with van der Waals surface area (Å²) in [6.07, 6.45) is 0.165. The lowest BCUT2D eigenvalue weighted by Crippen LogP contribution is -2.12. The van der Waals surface area contributed by atoms with Gasteiger partial charge in [-0.3, -0.25) is 0 Å². The standard InChI is InChI=1S/C12H12N2O3/c1-2-8(6-13)17-9-3-4-10-11(14-15)7-16-12(10)5-9/h3-5,8,15H,2,7H2,1H3. The Labute approximate surface area is 98.9 Å². The fourth-order valence-electron chi connectivity index (χ4n) is 1.61. The zero-order valence-corrected chi connectivity index (χ0v) is 9.38. The van der Waals surface area contributed by atoms with Gasteiger partial charge in [0.1, 0.15) is 29.9 Å². The maximum absolute atomic E-state index is 8.80. The quantitative estimate of drug-likeness (QED) is 0.638. The van der Waals surface area contributed by atoms with Crippen molar-refractivity contribution in [3.05, 3.63) is 23.8 Å². The van der Waals surface area contributed by atoms with E-state index in [1.165, 1.54) is 0 Å². The minimum Gasteiger partial charge on any atom is -0.486 e. The molecule has 0 fully saturated rings. The molecule has 1 atom stereocenters. The normalized spacial score (nSPS) is 17.1. The van der Waals surface area contributed by atoms with Gasteiger partial charge in [0, 0.05) is 11.6 Å². The molecule has 0 bridgehead atoms. The molecule has 0 amide bonds. The van der Waals surface area contributed by atoms with Gasteiger partial charge in [-0.25, -0.2) is 0 Å². The monoisotopic (exact) mass is 232 g/mol. The number of rotatable bonds is 3. The summed E-state index contributed by atoms with van der Waals surface area (Å²) in [6, 6.07) is 7.26. The van der Waals surface area contributed by atoms with Crippen LogP contribution in [0.4, 0.5) is 0 Å². The van der Waals surface area contributed by atoms with Crippen LogP contribution in [0.3, 0.4) is 0 Å². The van der Waals surface area contributed by atoms with Crippen molar-refractivity contribution in [2.45, 2.75) is 19.4 Å². The molecule has 0 saturated heterocycles. The second kappa shape index (κ2) is 4.74. The molecule has 5 nitrogen and oxygen atoms in total. The second-order valence-corrected chi connectivity index (χ2v) is 3.64. The van der Waals surface area contributed by atoms with Gasteiger partial charge in [-0.1, -0.05) is 12.1 Å². The lowest BCUT2D eigenvalue weighted by Gasteiger charge is -2.10. The smallest absolute Gasteiger partial charge is 0.184 e. The summed E-state index contributed by atoms with van der Waals surface area (Å²) in [5, 5.41) is 20.7. The number of hydrogen-bond acceptors (Lipinski definition) is 5. The number of hydrogen-bond donors (Lipinski definition) is 1. The van der Waals surface area contributed by atoms with Crippen LogP contribution >= 0.6 is 0 Å². The molecule has 1 aliphatic heterocycles. The molecular weight excluding hydrogens is 220 g/mol. The Morgan fingerprint density at radius 3 is 3.12 bits per heavy atom. The lowest BCUT2D eigenvalue weighted by molar-refractivity contribution is 0.250. The highest BCUT2D eigenvalue weighted by atomic mass is 16.5. The first-order valence-electron chi connectivity index (χ1n) is 5.33. The van der Waals surface area contributed by atoms with Gasteiger partial charge in [-0.15, -0.1) is 0 Å². The van der Waals surface area contributed by atoms with Crippen molar-refractivity contribution in [3.8, 4) is 17.6 Å². The molecule has 0 aliphatic carbocycles. The van der Waals surface area contributed by atoms with E-state index in [0.29, 0.717) is 23.6 Å². The van der Waals surface area contributed by atoms with E-state index in [4.69, 9.17) is 19.9 Å². The van der Waals surface area contributed by atoms with Crippen molar-refractivity contribution < 1.29 is 14.7 Å². The summed E-state index contributed by atoms with van der Waals surface area (Å²) in [7, 11) is 0. The van der Waals surface area contributed by atoms with Crippen molar-refractivity contribution in [1.82, 2.24) is 0 Å². The largest absolute Gasteiger partial charge is 0.486 e. The molecular formula is C12H12N2O3. The van der Waals surface area contributed by atoms with Gasteiger partial charge in [0.05, 0.1) is 0 Å². The van der Waals surface area contributed by atoms with Gasteiger partial charge in [-0.2, -0.15) is 5.26 Å². The Bertz CT molecular complexity index is 491. The first-order valence-corrected chi connectivity index (χ1v) is 5.33. The summed E-state index contributed by atoms with van der Waals surface area (Å²) in [6.45, 7) is 2.14. The highest BCUT2D eigenvalue weighted by molar-refractivity contribution is 6.05. The van der Waals surface area contributed by atoms with Gasteiger partial charge in [0.2, 0.25) is 0 Å². The highest BCUT2D eigenvalue weighted by Gasteiger charge is 2.20. The maximum atomic E-state index is 8.80. The fraction of sp³-hybridized carbons (Fsp3) is 0.333. The van der Waals surface area contributed by atoms with Crippen molar-refractivity contribution >= 4 is 5.71 Å². The van der Waals surface area contributed by atoms with Crippen LogP contribution in [0.5, 0.6) is 11.5 Å². The minimum absolute atomic E-state index is 0.255. The average Bonchev–Trinajstić information content (AvgIpc) is 2.78. The summed E-state index contributed by atoms with van der Waals surface area (Å²) in [5.41, 5.74) is 1.25. The molecule has 0 saturated carbocycles.